The molecule has 0 aromatic carbocycles. The number of phosphoric acid groups is 2. The van der Waals surface area contributed by atoms with Gasteiger partial charge in [0, 0.05) is 11.6 Å². The van der Waals surface area contributed by atoms with E-state index in [0.29, 0.717) is 5.69 Å². The summed E-state index contributed by atoms with van der Waals surface area (Å²) in [6, 6.07) is 0. The van der Waals surface area contributed by atoms with Crippen molar-refractivity contribution in [2.45, 2.75) is 88.0 Å². The number of hydrogen-bond acceptors (Lipinski definition) is 18. The van der Waals surface area contributed by atoms with Gasteiger partial charge in [-0.3, -0.25) is 23.4 Å². The number of hydrogen-bond donors (Lipinski definition) is 9. The summed E-state index contributed by atoms with van der Waals surface area (Å²) >= 11 is 0. The van der Waals surface area contributed by atoms with Gasteiger partial charge in [-0.2, -0.15) is 9.29 Å². The largest absolute Gasteiger partial charge is 0.483 e. The average molecular weight is 713 g/mol. The molecule has 23 nitrogen and oxygen atoms in total. The van der Waals surface area contributed by atoms with E-state index in [1.165, 1.54) is 4.68 Å². The minimum atomic E-state index is -5.64. The highest BCUT2D eigenvalue weighted by Gasteiger charge is 2.50. The molecule has 47 heavy (non-hydrogen) atoms. The predicted molar refractivity (Wildman–Crippen MR) is 152 cm³/mol. The van der Waals surface area contributed by atoms with Gasteiger partial charge in [-0.1, -0.05) is 26.0 Å². The fourth-order valence-corrected chi connectivity index (χ4v) is 6.93. The zero-order valence-corrected chi connectivity index (χ0v) is 26.6. The number of nitrogen functional groups attached to an aromatic ring is 1. The normalized spacial score (nSPS) is 32.8. The second kappa shape index (κ2) is 12.9. The first-order valence-corrected chi connectivity index (χ1v) is 16.8. The molecule has 0 aliphatic carbocycles. The van der Waals surface area contributed by atoms with Crippen molar-refractivity contribution in [2.24, 2.45) is 0 Å². The van der Waals surface area contributed by atoms with Crippen LogP contribution >= 0.6 is 15.6 Å². The van der Waals surface area contributed by atoms with Crippen LogP contribution in [-0.4, -0.2) is 125 Å². The Kier molecular flexibility index (Phi) is 9.80. The number of ether oxygens (including phenoxy) is 2. The third-order valence-corrected chi connectivity index (χ3v) is 9.85. The molecule has 11 unspecified atom stereocenters. The highest BCUT2D eigenvalue weighted by molar-refractivity contribution is 7.61. The van der Waals surface area contributed by atoms with Crippen LogP contribution in [0.3, 0.4) is 0 Å². The molecule has 5 heterocycles. The first-order valence-electron chi connectivity index (χ1n) is 13.8. The van der Waals surface area contributed by atoms with Crippen molar-refractivity contribution >= 4 is 32.8 Å². The Bertz CT molecular complexity index is 1740. The Balaban J connectivity index is 1.21. The number of imidazole rings is 1. The zero-order valence-electron chi connectivity index (χ0n) is 24.8. The van der Waals surface area contributed by atoms with E-state index in [-0.39, 0.29) is 29.1 Å². The molecule has 3 aromatic heterocycles. The molecule has 10 N–H and O–H groups in total. The zero-order chi connectivity index (χ0) is 34.6. The fraction of sp³-hybridized carbons (Fsp3) is 0.682. The van der Waals surface area contributed by atoms with Gasteiger partial charge in [0.2, 0.25) is 5.95 Å². The maximum Gasteiger partial charge on any atom is 0.483 e. The summed E-state index contributed by atoms with van der Waals surface area (Å²) in [6.45, 7) is 4.40. The minimum absolute atomic E-state index is 0.110. The topological polar surface area (TPSA) is 342 Å². The number of H-pyrrole nitrogens is 1. The number of rotatable bonds is 10. The molecular weight excluding hydrogens is 678 g/mol. The van der Waals surface area contributed by atoms with Gasteiger partial charge in [0.15, 0.2) is 23.7 Å². The first kappa shape index (κ1) is 35.6. The average Bonchev–Trinajstić information content (AvgIpc) is 3.67. The molecule has 0 saturated carbocycles. The van der Waals surface area contributed by atoms with E-state index in [2.05, 4.69) is 29.6 Å². The standard InChI is InChI=1S/C22H34N8O15P2/c1-22(2,3)10-5-29(28-27-10)4-8-12(31)14(33)16(35)20(43-8)44-47(39,40)45-46(37,38)41-6-9-13(32)15(34)19(42-9)30-7-24-11-17(30)25-21(23)26-18(11)36/h5,7-9,12-16,19-20,31-35H,4,6H2,1-3H3,(H,37,38)(H,39,40)(H3,23,25,26,36). The highest BCUT2D eigenvalue weighted by Crippen LogP contribution is 2.61. The number of fused-ring (bicyclic) bond motifs is 1. The van der Waals surface area contributed by atoms with Crippen molar-refractivity contribution < 1.29 is 67.3 Å². The second-order valence-corrected chi connectivity index (χ2v) is 14.8. The van der Waals surface area contributed by atoms with Gasteiger partial charge in [0.25, 0.3) is 5.56 Å². The molecule has 0 spiro atoms. The third-order valence-electron chi connectivity index (χ3n) is 7.25. The predicted octanol–water partition coefficient (Wildman–Crippen LogP) is -3.03. The Labute approximate surface area is 263 Å². The molecule has 5 rings (SSSR count). The number of anilines is 1. The number of aliphatic hydroxyl groups excluding tert-OH is 5. The molecular formula is C22H34N8O15P2. The lowest BCUT2D eigenvalue weighted by molar-refractivity contribution is -0.278. The molecule has 2 aliphatic rings. The molecule has 11 atom stereocenters. The van der Waals surface area contributed by atoms with Crippen LogP contribution in [0.2, 0.25) is 0 Å². The van der Waals surface area contributed by atoms with Crippen molar-refractivity contribution in [1.29, 1.82) is 0 Å². The van der Waals surface area contributed by atoms with Gasteiger partial charge in [-0.15, -0.1) is 5.10 Å². The summed E-state index contributed by atoms with van der Waals surface area (Å²) in [5.41, 5.74) is 4.80. The summed E-state index contributed by atoms with van der Waals surface area (Å²) in [5, 5.41) is 60.0. The summed E-state index contributed by atoms with van der Waals surface area (Å²) in [6.07, 6.45) is -13.1. The molecule has 0 amide bonds. The lowest BCUT2D eigenvalue weighted by Gasteiger charge is -2.40. The molecule has 0 bridgehead atoms. The lowest BCUT2D eigenvalue weighted by atomic mass is 9.93. The van der Waals surface area contributed by atoms with E-state index < -0.39 is 83.1 Å². The Morgan fingerprint density at radius 1 is 1.00 bits per heavy atom. The van der Waals surface area contributed by atoms with Crippen LogP contribution in [0.4, 0.5) is 5.95 Å². The molecule has 2 aliphatic heterocycles. The number of aliphatic hydroxyl groups is 5. The molecule has 2 saturated heterocycles. The highest BCUT2D eigenvalue weighted by atomic mass is 31.3. The second-order valence-electron chi connectivity index (χ2n) is 11.8. The number of nitrogens with one attached hydrogen (secondary N) is 1. The number of aromatic nitrogens is 7. The van der Waals surface area contributed by atoms with Crippen LogP contribution in [0.5, 0.6) is 0 Å². The van der Waals surface area contributed by atoms with Crippen molar-refractivity contribution in [2.75, 3.05) is 12.3 Å². The van der Waals surface area contributed by atoms with Gasteiger partial charge < -0.3 is 50.5 Å². The van der Waals surface area contributed by atoms with Crippen LogP contribution in [0.1, 0.15) is 32.7 Å². The number of aromatic amines is 1. The van der Waals surface area contributed by atoms with Crippen LogP contribution in [0.15, 0.2) is 17.3 Å². The Morgan fingerprint density at radius 3 is 2.34 bits per heavy atom. The molecule has 0 radical (unpaired) electrons. The number of nitrogens with zero attached hydrogens (tertiary/aromatic N) is 6. The summed E-state index contributed by atoms with van der Waals surface area (Å²) in [7, 11) is -11.2. The van der Waals surface area contributed by atoms with Crippen LogP contribution in [0.25, 0.3) is 11.2 Å². The van der Waals surface area contributed by atoms with Gasteiger partial charge in [0.05, 0.1) is 25.2 Å². The summed E-state index contributed by atoms with van der Waals surface area (Å²) in [5.74, 6) is -0.275. The lowest BCUT2D eigenvalue weighted by Crippen LogP contribution is -2.58. The monoisotopic (exact) mass is 712 g/mol. The van der Waals surface area contributed by atoms with Gasteiger partial charge in [-0.05, 0) is 0 Å². The van der Waals surface area contributed by atoms with Crippen molar-refractivity contribution in [3.8, 4) is 0 Å². The number of nitrogens with two attached hydrogens (primary N) is 1. The van der Waals surface area contributed by atoms with Crippen molar-refractivity contribution in [3.05, 3.63) is 28.6 Å². The van der Waals surface area contributed by atoms with Crippen molar-refractivity contribution in [3.63, 3.8) is 0 Å². The van der Waals surface area contributed by atoms with Crippen molar-refractivity contribution in [1.82, 2.24) is 34.5 Å². The van der Waals surface area contributed by atoms with Crippen LogP contribution in [-0.2, 0) is 43.9 Å². The molecule has 3 aromatic rings. The van der Waals surface area contributed by atoms with E-state index >= 15 is 0 Å². The molecule has 262 valence electrons. The Hall–Kier alpha value is -2.73. The van der Waals surface area contributed by atoms with Crippen LogP contribution in [0, 0.1) is 0 Å². The first-order chi connectivity index (χ1) is 21.8. The quantitative estimate of drug-likeness (QED) is 0.0944. The number of phosphoric ester groups is 2. The Morgan fingerprint density at radius 2 is 1.68 bits per heavy atom. The molecule has 25 heteroatoms. The summed E-state index contributed by atoms with van der Waals surface area (Å²) in [4.78, 5) is 42.4. The smallest absolute Gasteiger partial charge is 0.388 e. The molecule has 2 fully saturated rings. The van der Waals surface area contributed by atoms with E-state index in [0.717, 1.165) is 10.9 Å². The van der Waals surface area contributed by atoms with Gasteiger partial charge in [0.1, 0.15) is 42.7 Å². The maximum absolute atomic E-state index is 12.7. The van der Waals surface area contributed by atoms with Gasteiger partial charge >= 0.3 is 15.6 Å². The van der Waals surface area contributed by atoms with E-state index in [4.69, 9.17) is 24.3 Å². The fourth-order valence-electron chi connectivity index (χ4n) is 4.77. The third kappa shape index (κ3) is 7.63. The van der Waals surface area contributed by atoms with Gasteiger partial charge in [-0.25, -0.2) is 18.8 Å². The van der Waals surface area contributed by atoms with E-state index in [1.54, 1.807) is 6.20 Å². The summed E-state index contributed by atoms with van der Waals surface area (Å²) < 4.78 is 52.2. The minimum Gasteiger partial charge on any atom is -0.388 e. The van der Waals surface area contributed by atoms with E-state index in [9.17, 15) is 49.2 Å². The maximum atomic E-state index is 12.7. The van der Waals surface area contributed by atoms with E-state index in [1.807, 2.05) is 20.8 Å². The SMILES string of the molecule is CC(C)(C)c1cn(CC2OC(OP(=O)(O)OP(=O)(O)OCC3OC(n4cnc5c(=O)[nH]c(N)nc54)C(O)C3O)C(O)C(O)C2O)nn1. The van der Waals surface area contributed by atoms with Crippen LogP contribution < -0.4 is 11.3 Å².